The Hall–Kier alpha value is -0.810. The molecule has 9 heteroatoms. The number of nitrogens with zero attached hydrogens (tertiary/aromatic N) is 1. The van der Waals surface area contributed by atoms with Crippen LogP contribution in [-0.2, 0) is 23.7 Å². The third-order valence-corrected chi connectivity index (χ3v) is 11.5. The van der Waals surface area contributed by atoms with E-state index >= 15 is 0 Å². The lowest BCUT2D eigenvalue weighted by Crippen LogP contribution is -2.82. The van der Waals surface area contributed by atoms with Crippen molar-refractivity contribution < 1.29 is 39.1 Å². The molecule has 1 saturated heterocycles. The first-order valence-corrected chi connectivity index (χ1v) is 13.2. The minimum absolute atomic E-state index is 0.138. The van der Waals surface area contributed by atoms with E-state index in [1.807, 2.05) is 0 Å². The van der Waals surface area contributed by atoms with Crippen LogP contribution < -0.4 is 0 Å². The molecule has 6 rings (SSSR count). The normalized spacial score (nSPS) is 57.9. The van der Waals surface area contributed by atoms with Gasteiger partial charge in [0.05, 0.1) is 31.0 Å². The average Bonchev–Trinajstić information content (AvgIpc) is 3.18. The second-order valence-corrected chi connectivity index (χ2v) is 12.3. The number of likely N-dealkylation sites (tertiary alicyclic amines) is 1. The summed E-state index contributed by atoms with van der Waals surface area (Å²) < 4.78 is 24.0. The Labute approximate surface area is 207 Å². The molecule has 0 aromatic rings. The quantitative estimate of drug-likeness (QED) is 0.444. The van der Waals surface area contributed by atoms with Gasteiger partial charge in [-0.2, -0.15) is 0 Å². The van der Waals surface area contributed by atoms with Crippen molar-refractivity contribution in [2.45, 2.75) is 81.2 Å². The van der Waals surface area contributed by atoms with Crippen LogP contribution >= 0.6 is 0 Å². The van der Waals surface area contributed by atoms with Crippen molar-refractivity contribution in [3.8, 4) is 0 Å². The molecule has 3 N–H and O–H groups in total. The number of piperidine rings is 1. The molecule has 6 fully saturated rings. The van der Waals surface area contributed by atoms with E-state index in [2.05, 4.69) is 11.8 Å². The predicted octanol–water partition coefficient (Wildman–Crippen LogP) is 0.188. The molecule has 5 aliphatic carbocycles. The first-order chi connectivity index (χ1) is 16.6. The summed E-state index contributed by atoms with van der Waals surface area (Å²) in [6.45, 7) is 5.40. The molecule has 35 heavy (non-hydrogen) atoms. The van der Waals surface area contributed by atoms with Crippen molar-refractivity contribution in [1.29, 1.82) is 0 Å². The Morgan fingerprint density at radius 2 is 1.91 bits per heavy atom. The molecule has 7 bridgehead atoms. The largest absolute Gasteiger partial charge is 0.462 e. The molecule has 198 valence electrons. The second kappa shape index (κ2) is 7.62. The summed E-state index contributed by atoms with van der Waals surface area (Å²) in [6, 6.07) is -0.475. The van der Waals surface area contributed by atoms with Crippen LogP contribution in [0.5, 0.6) is 0 Å². The number of aliphatic hydroxyl groups is 3. The zero-order chi connectivity index (χ0) is 25.1. The molecule has 1 aliphatic heterocycles. The highest BCUT2D eigenvalue weighted by Gasteiger charge is 2.91. The van der Waals surface area contributed by atoms with Gasteiger partial charge in [0.1, 0.15) is 17.3 Å². The molecule has 6 aliphatic rings. The molecule has 5 saturated carbocycles. The number of hydrogen-bond acceptors (Lipinski definition) is 9. The van der Waals surface area contributed by atoms with Crippen LogP contribution in [0.4, 0.5) is 0 Å². The Bertz CT molecular complexity index is 903. The average molecular weight is 496 g/mol. The third kappa shape index (κ3) is 2.48. The molecule has 0 unspecified atom stereocenters. The number of carbonyl (C=O) groups excluding carboxylic acids is 1. The summed E-state index contributed by atoms with van der Waals surface area (Å²) in [5, 5.41) is 37.2. The highest BCUT2D eigenvalue weighted by atomic mass is 16.5. The SMILES string of the molecule is CCN1C[C@]2(COC)CC[C@H](OC(C)=O)[C@@]34[C@@H]5C[C@H]6[C@H](O)[C@@H]5[C@](O)(C[C@@H]6OC)[C@](O)([C@@H](OC)[C@H]23)[C@@H]14. The van der Waals surface area contributed by atoms with E-state index in [1.54, 1.807) is 21.3 Å². The van der Waals surface area contributed by atoms with Crippen LogP contribution in [0.2, 0.25) is 0 Å². The number of likely N-dealkylation sites (N-methyl/N-ethyl adjacent to an activating group) is 1. The highest BCUT2D eigenvalue weighted by molar-refractivity contribution is 5.66. The fourth-order valence-electron chi connectivity index (χ4n) is 11.0. The lowest BCUT2D eigenvalue weighted by Gasteiger charge is -2.69. The standard InChI is InChI=1S/C26H41NO8/c1-6-27-11-23(12-32-3)8-7-17(35-13(2)28)25-15-9-14-16(33-4)10-24(30,18(15)19(14)29)26(31,22(25)27)21(34-5)20(23)25/h14-22,29-31H,6-12H2,1-5H3/t14-,15-,16+,17+,18-,19+,20-,21+,22+,23+,24-,25+,26+/m1/s1. The van der Waals surface area contributed by atoms with Crippen molar-refractivity contribution in [3.05, 3.63) is 0 Å². The van der Waals surface area contributed by atoms with E-state index in [9.17, 15) is 20.1 Å². The van der Waals surface area contributed by atoms with Crippen LogP contribution in [0.1, 0.15) is 39.5 Å². The van der Waals surface area contributed by atoms with Gasteiger partial charge in [-0.05, 0) is 31.7 Å². The van der Waals surface area contributed by atoms with Crippen LogP contribution in [0.15, 0.2) is 0 Å². The first-order valence-electron chi connectivity index (χ1n) is 13.2. The molecule has 0 amide bonds. The van der Waals surface area contributed by atoms with Crippen LogP contribution in [0.25, 0.3) is 0 Å². The second-order valence-electron chi connectivity index (χ2n) is 12.3. The van der Waals surface area contributed by atoms with E-state index in [0.717, 1.165) is 13.0 Å². The van der Waals surface area contributed by atoms with E-state index in [-0.39, 0.29) is 41.7 Å². The predicted molar refractivity (Wildman–Crippen MR) is 123 cm³/mol. The lowest BCUT2D eigenvalue weighted by molar-refractivity contribution is -0.318. The number of rotatable bonds is 6. The smallest absolute Gasteiger partial charge is 0.302 e. The molecule has 0 aromatic carbocycles. The summed E-state index contributed by atoms with van der Waals surface area (Å²) in [4.78, 5) is 14.7. The highest BCUT2D eigenvalue weighted by Crippen LogP contribution is 2.80. The van der Waals surface area contributed by atoms with Gasteiger partial charge in [-0.1, -0.05) is 6.92 Å². The van der Waals surface area contributed by atoms with Gasteiger partial charge < -0.3 is 34.3 Å². The Morgan fingerprint density at radius 3 is 2.51 bits per heavy atom. The van der Waals surface area contributed by atoms with Crippen molar-refractivity contribution in [1.82, 2.24) is 4.90 Å². The van der Waals surface area contributed by atoms with Crippen LogP contribution in [0.3, 0.4) is 0 Å². The number of hydrogen-bond donors (Lipinski definition) is 3. The van der Waals surface area contributed by atoms with Gasteiger partial charge in [0.25, 0.3) is 0 Å². The van der Waals surface area contributed by atoms with E-state index in [4.69, 9.17) is 18.9 Å². The van der Waals surface area contributed by atoms with Gasteiger partial charge in [-0.3, -0.25) is 9.69 Å². The topological polar surface area (TPSA) is 118 Å². The zero-order valence-electron chi connectivity index (χ0n) is 21.5. The number of ether oxygens (including phenoxy) is 4. The lowest BCUT2D eigenvalue weighted by atomic mass is 9.42. The number of esters is 1. The molecule has 0 radical (unpaired) electrons. The summed E-state index contributed by atoms with van der Waals surface area (Å²) >= 11 is 0. The van der Waals surface area contributed by atoms with Crippen LogP contribution in [0, 0.1) is 34.5 Å². The van der Waals surface area contributed by atoms with E-state index in [1.165, 1.54) is 6.92 Å². The number of methoxy groups -OCH3 is 3. The minimum Gasteiger partial charge on any atom is -0.462 e. The van der Waals surface area contributed by atoms with Gasteiger partial charge in [0, 0.05) is 69.8 Å². The molecule has 13 atom stereocenters. The van der Waals surface area contributed by atoms with Crippen molar-refractivity contribution >= 4 is 5.97 Å². The fraction of sp³-hybridized carbons (Fsp3) is 0.962. The summed E-state index contributed by atoms with van der Waals surface area (Å²) in [6.07, 6.45) is 0.0128. The third-order valence-electron chi connectivity index (χ3n) is 11.5. The maximum absolute atomic E-state index is 13.0. The minimum atomic E-state index is -1.67. The van der Waals surface area contributed by atoms with E-state index in [0.29, 0.717) is 26.0 Å². The Balaban J connectivity index is 1.67. The van der Waals surface area contributed by atoms with Gasteiger partial charge >= 0.3 is 5.97 Å². The summed E-state index contributed by atoms with van der Waals surface area (Å²) in [7, 11) is 4.93. The van der Waals surface area contributed by atoms with Gasteiger partial charge in [0.15, 0.2) is 0 Å². The van der Waals surface area contributed by atoms with Gasteiger partial charge in [-0.15, -0.1) is 0 Å². The molecule has 1 heterocycles. The molecule has 1 spiro atoms. The Kier molecular flexibility index (Phi) is 5.34. The summed E-state index contributed by atoms with van der Waals surface area (Å²) in [5.74, 6) is -1.37. The van der Waals surface area contributed by atoms with Gasteiger partial charge in [-0.25, -0.2) is 0 Å². The zero-order valence-corrected chi connectivity index (χ0v) is 21.5. The number of fused-ring (bicyclic) bond motifs is 2. The summed E-state index contributed by atoms with van der Waals surface area (Å²) in [5.41, 5.74) is -4.28. The van der Waals surface area contributed by atoms with Crippen molar-refractivity contribution in [3.63, 3.8) is 0 Å². The van der Waals surface area contributed by atoms with Crippen molar-refractivity contribution in [2.24, 2.45) is 34.5 Å². The molecule has 0 aromatic heterocycles. The maximum Gasteiger partial charge on any atom is 0.302 e. The molecular weight excluding hydrogens is 454 g/mol. The van der Waals surface area contributed by atoms with Crippen molar-refractivity contribution in [2.75, 3.05) is 41.0 Å². The molecule has 9 nitrogen and oxygen atoms in total. The monoisotopic (exact) mass is 495 g/mol. The Morgan fingerprint density at radius 1 is 1.17 bits per heavy atom. The number of carbonyl (C=O) groups is 1. The molecular formula is C26H41NO8. The fourth-order valence-corrected chi connectivity index (χ4v) is 11.0. The van der Waals surface area contributed by atoms with E-state index < -0.39 is 46.9 Å². The van der Waals surface area contributed by atoms with Crippen LogP contribution in [-0.4, -0.2) is 109 Å². The van der Waals surface area contributed by atoms with Gasteiger partial charge in [0.2, 0.25) is 0 Å². The maximum atomic E-state index is 13.0. The first kappa shape index (κ1) is 24.5. The number of aliphatic hydroxyl groups excluding tert-OH is 1.